The molecule has 2 aromatic heterocycles. The van der Waals surface area contributed by atoms with Crippen LogP contribution in [0.4, 0.5) is 0 Å². The Balaban J connectivity index is 1.45. The summed E-state index contributed by atoms with van der Waals surface area (Å²) in [6.07, 6.45) is 1.73. The highest BCUT2D eigenvalue weighted by Crippen LogP contribution is 2.30. The number of rotatable bonds is 2. The van der Waals surface area contributed by atoms with Gasteiger partial charge in [-0.1, -0.05) is 18.2 Å². The smallest absolute Gasteiger partial charge is 0.272 e. The molecule has 0 radical (unpaired) electrons. The summed E-state index contributed by atoms with van der Waals surface area (Å²) >= 11 is 0. The van der Waals surface area contributed by atoms with Crippen molar-refractivity contribution in [2.75, 3.05) is 13.1 Å². The normalized spacial score (nSPS) is 15.8. The molecule has 0 saturated carbocycles. The first-order chi connectivity index (χ1) is 11.7. The van der Waals surface area contributed by atoms with Crippen molar-refractivity contribution in [3.05, 3.63) is 59.7 Å². The van der Waals surface area contributed by atoms with E-state index >= 15 is 0 Å². The van der Waals surface area contributed by atoms with E-state index in [-0.39, 0.29) is 11.8 Å². The first kappa shape index (κ1) is 14.9. The minimum absolute atomic E-state index is 0.00900. The molecule has 3 aromatic rings. The van der Waals surface area contributed by atoms with E-state index in [0.717, 1.165) is 35.5 Å². The SMILES string of the molecule is Cc1cccc(C(=O)N2CCC(c3nc4ccccc4o3)CC2)n1. The summed E-state index contributed by atoms with van der Waals surface area (Å²) in [6, 6.07) is 13.4. The Hall–Kier alpha value is -2.69. The number of aryl methyl sites for hydroxylation is 1. The lowest BCUT2D eigenvalue weighted by atomic mass is 9.96. The Morgan fingerprint density at radius 2 is 1.88 bits per heavy atom. The van der Waals surface area contributed by atoms with Gasteiger partial charge in [-0.25, -0.2) is 9.97 Å². The van der Waals surface area contributed by atoms with Gasteiger partial charge in [0, 0.05) is 24.7 Å². The van der Waals surface area contributed by atoms with Crippen molar-refractivity contribution in [3.63, 3.8) is 0 Å². The number of aromatic nitrogens is 2. The van der Waals surface area contributed by atoms with Crippen LogP contribution in [0.3, 0.4) is 0 Å². The zero-order valence-corrected chi connectivity index (χ0v) is 13.6. The number of fused-ring (bicyclic) bond motifs is 1. The van der Waals surface area contributed by atoms with E-state index in [1.807, 2.05) is 48.2 Å². The van der Waals surface area contributed by atoms with Crippen molar-refractivity contribution in [2.24, 2.45) is 0 Å². The van der Waals surface area contributed by atoms with Crippen LogP contribution in [-0.2, 0) is 0 Å². The molecule has 1 saturated heterocycles. The highest BCUT2D eigenvalue weighted by Gasteiger charge is 2.28. The van der Waals surface area contributed by atoms with Gasteiger partial charge in [0.1, 0.15) is 11.2 Å². The van der Waals surface area contributed by atoms with Gasteiger partial charge in [0.05, 0.1) is 0 Å². The summed E-state index contributed by atoms with van der Waals surface area (Å²) < 4.78 is 5.88. The summed E-state index contributed by atoms with van der Waals surface area (Å²) in [7, 11) is 0. The summed E-state index contributed by atoms with van der Waals surface area (Å²) in [5.74, 6) is 1.07. The molecule has 1 aliphatic rings. The molecule has 5 nitrogen and oxygen atoms in total. The molecule has 3 heterocycles. The number of piperidine rings is 1. The van der Waals surface area contributed by atoms with E-state index in [2.05, 4.69) is 9.97 Å². The van der Waals surface area contributed by atoms with Gasteiger partial charge in [-0.05, 0) is 44.0 Å². The number of carbonyl (C=O) groups excluding carboxylic acids is 1. The number of para-hydroxylation sites is 2. The Bertz CT molecular complexity index is 846. The van der Waals surface area contributed by atoms with Crippen molar-refractivity contribution in [2.45, 2.75) is 25.7 Å². The minimum Gasteiger partial charge on any atom is -0.440 e. The average Bonchev–Trinajstić information content (AvgIpc) is 3.05. The van der Waals surface area contributed by atoms with Gasteiger partial charge in [0.25, 0.3) is 5.91 Å². The Labute approximate surface area is 140 Å². The number of oxazole rings is 1. The molecule has 1 fully saturated rings. The molecule has 122 valence electrons. The van der Waals surface area contributed by atoms with Crippen LogP contribution in [0.25, 0.3) is 11.1 Å². The average molecular weight is 321 g/mol. The number of nitrogens with zero attached hydrogens (tertiary/aromatic N) is 3. The van der Waals surface area contributed by atoms with E-state index in [1.54, 1.807) is 6.07 Å². The zero-order valence-electron chi connectivity index (χ0n) is 13.6. The van der Waals surface area contributed by atoms with Gasteiger partial charge in [-0.3, -0.25) is 4.79 Å². The fraction of sp³-hybridized carbons (Fsp3) is 0.316. The van der Waals surface area contributed by atoms with Crippen molar-refractivity contribution in [1.82, 2.24) is 14.9 Å². The van der Waals surface area contributed by atoms with E-state index in [4.69, 9.17) is 4.42 Å². The van der Waals surface area contributed by atoms with Crippen LogP contribution in [0, 0.1) is 6.92 Å². The molecule has 1 aromatic carbocycles. The highest BCUT2D eigenvalue weighted by atomic mass is 16.3. The van der Waals surface area contributed by atoms with Crippen molar-refractivity contribution in [1.29, 1.82) is 0 Å². The molecule has 24 heavy (non-hydrogen) atoms. The van der Waals surface area contributed by atoms with Crippen LogP contribution >= 0.6 is 0 Å². The largest absolute Gasteiger partial charge is 0.440 e. The zero-order chi connectivity index (χ0) is 16.5. The van der Waals surface area contributed by atoms with Crippen molar-refractivity contribution in [3.8, 4) is 0 Å². The Morgan fingerprint density at radius 1 is 1.08 bits per heavy atom. The third-order valence-corrected chi connectivity index (χ3v) is 4.55. The van der Waals surface area contributed by atoms with Gasteiger partial charge >= 0.3 is 0 Å². The van der Waals surface area contributed by atoms with Gasteiger partial charge in [0.15, 0.2) is 11.5 Å². The molecular weight excluding hydrogens is 302 g/mol. The van der Waals surface area contributed by atoms with E-state index in [0.29, 0.717) is 18.8 Å². The quantitative estimate of drug-likeness (QED) is 0.724. The lowest BCUT2D eigenvalue weighted by Gasteiger charge is -2.30. The van der Waals surface area contributed by atoms with Crippen LogP contribution in [0.2, 0.25) is 0 Å². The van der Waals surface area contributed by atoms with E-state index in [1.165, 1.54) is 0 Å². The number of carbonyl (C=O) groups is 1. The fourth-order valence-corrected chi connectivity index (χ4v) is 3.22. The topological polar surface area (TPSA) is 59.2 Å². The molecule has 0 spiro atoms. The summed E-state index contributed by atoms with van der Waals surface area (Å²) in [6.45, 7) is 3.31. The van der Waals surface area contributed by atoms with Gasteiger partial charge < -0.3 is 9.32 Å². The maximum atomic E-state index is 12.6. The molecular formula is C19H19N3O2. The van der Waals surface area contributed by atoms with Crippen LogP contribution in [0.1, 0.15) is 40.8 Å². The maximum Gasteiger partial charge on any atom is 0.272 e. The number of likely N-dealkylation sites (tertiary alicyclic amines) is 1. The van der Waals surface area contributed by atoms with Crippen LogP contribution < -0.4 is 0 Å². The molecule has 0 atom stereocenters. The highest BCUT2D eigenvalue weighted by molar-refractivity contribution is 5.92. The number of pyridine rings is 1. The monoisotopic (exact) mass is 321 g/mol. The molecule has 5 heteroatoms. The molecule has 0 aliphatic carbocycles. The Morgan fingerprint density at radius 3 is 2.62 bits per heavy atom. The second-order valence-electron chi connectivity index (χ2n) is 6.25. The molecule has 1 aliphatic heterocycles. The summed E-state index contributed by atoms with van der Waals surface area (Å²) in [5, 5.41) is 0. The summed E-state index contributed by atoms with van der Waals surface area (Å²) in [5.41, 5.74) is 3.11. The maximum absolute atomic E-state index is 12.6. The van der Waals surface area contributed by atoms with Crippen LogP contribution in [0.5, 0.6) is 0 Å². The number of hydrogen-bond donors (Lipinski definition) is 0. The number of benzene rings is 1. The summed E-state index contributed by atoms with van der Waals surface area (Å²) in [4.78, 5) is 23.4. The standard InChI is InChI=1S/C19H19N3O2/c1-13-5-4-7-16(20-13)19(23)22-11-9-14(10-12-22)18-21-15-6-2-3-8-17(15)24-18/h2-8,14H,9-12H2,1H3. The number of hydrogen-bond acceptors (Lipinski definition) is 4. The first-order valence-corrected chi connectivity index (χ1v) is 8.29. The lowest BCUT2D eigenvalue weighted by molar-refractivity contribution is 0.0700. The second-order valence-corrected chi connectivity index (χ2v) is 6.25. The van der Waals surface area contributed by atoms with Gasteiger partial charge in [-0.15, -0.1) is 0 Å². The van der Waals surface area contributed by atoms with Crippen molar-refractivity contribution >= 4 is 17.0 Å². The predicted octanol–water partition coefficient (Wildman–Crippen LogP) is 3.55. The van der Waals surface area contributed by atoms with Gasteiger partial charge in [-0.2, -0.15) is 0 Å². The lowest BCUT2D eigenvalue weighted by Crippen LogP contribution is -2.38. The predicted molar refractivity (Wildman–Crippen MR) is 90.9 cm³/mol. The molecule has 0 N–H and O–H groups in total. The third-order valence-electron chi connectivity index (χ3n) is 4.55. The fourth-order valence-electron chi connectivity index (χ4n) is 3.22. The van der Waals surface area contributed by atoms with Gasteiger partial charge in [0.2, 0.25) is 0 Å². The minimum atomic E-state index is 0.00900. The molecule has 1 amide bonds. The molecule has 4 rings (SSSR count). The van der Waals surface area contributed by atoms with E-state index in [9.17, 15) is 4.79 Å². The van der Waals surface area contributed by atoms with Crippen LogP contribution in [-0.4, -0.2) is 33.9 Å². The first-order valence-electron chi connectivity index (χ1n) is 8.29. The van der Waals surface area contributed by atoms with Crippen molar-refractivity contribution < 1.29 is 9.21 Å². The second kappa shape index (κ2) is 6.07. The Kier molecular flexibility index (Phi) is 3.76. The molecule has 0 bridgehead atoms. The van der Waals surface area contributed by atoms with Crippen LogP contribution in [0.15, 0.2) is 46.9 Å². The third kappa shape index (κ3) is 2.77. The van der Waals surface area contributed by atoms with E-state index < -0.39 is 0 Å². The number of amides is 1. The molecule has 0 unspecified atom stereocenters.